The van der Waals surface area contributed by atoms with Gasteiger partial charge in [0.2, 0.25) is 0 Å². The molecule has 18 heavy (non-hydrogen) atoms. The Bertz CT molecular complexity index is 451. The lowest BCUT2D eigenvalue weighted by Crippen LogP contribution is -2.47. The summed E-state index contributed by atoms with van der Waals surface area (Å²) in [5, 5.41) is 0. The van der Waals surface area contributed by atoms with Gasteiger partial charge in [0.25, 0.3) is 5.91 Å². The second kappa shape index (κ2) is 5.14. The van der Waals surface area contributed by atoms with Crippen molar-refractivity contribution in [2.45, 2.75) is 46.1 Å². The Morgan fingerprint density at radius 3 is 2.61 bits per heavy atom. The Hall–Kier alpha value is -1.29. The number of hydrogen-bond donors (Lipinski definition) is 1. The molecule has 4 heteroatoms. The number of nitrogens with zero attached hydrogens (tertiary/aromatic N) is 1. The van der Waals surface area contributed by atoms with Gasteiger partial charge in [-0.2, -0.15) is 0 Å². The maximum absolute atomic E-state index is 12.6. The zero-order valence-electron chi connectivity index (χ0n) is 11.5. The van der Waals surface area contributed by atoms with Crippen LogP contribution in [0.25, 0.3) is 0 Å². The number of piperidine rings is 1. The Balaban J connectivity index is 2.29. The molecule has 0 spiro atoms. The highest BCUT2D eigenvalue weighted by Gasteiger charge is 2.30. The summed E-state index contributed by atoms with van der Waals surface area (Å²) in [4.78, 5) is 14.6. The van der Waals surface area contributed by atoms with E-state index in [9.17, 15) is 4.79 Å². The largest absolute Gasteiger partial charge is 0.466 e. The van der Waals surface area contributed by atoms with Gasteiger partial charge < -0.3 is 15.1 Å². The topological polar surface area (TPSA) is 59.5 Å². The van der Waals surface area contributed by atoms with Crippen molar-refractivity contribution in [3.05, 3.63) is 22.6 Å². The van der Waals surface area contributed by atoms with E-state index < -0.39 is 0 Å². The van der Waals surface area contributed by atoms with Gasteiger partial charge in [0.15, 0.2) is 0 Å². The number of aryl methyl sites for hydroxylation is 2. The average molecular weight is 250 g/mol. The molecule has 1 aromatic heterocycles. The van der Waals surface area contributed by atoms with E-state index in [1.807, 2.05) is 25.7 Å². The summed E-state index contributed by atoms with van der Waals surface area (Å²) >= 11 is 0. The normalized spacial score (nSPS) is 20.2. The molecule has 0 bridgehead atoms. The molecular formula is C14H22N2O2. The molecule has 1 aromatic rings. The molecule has 1 unspecified atom stereocenters. The highest BCUT2D eigenvalue weighted by molar-refractivity contribution is 5.97. The summed E-state index contributed by atoms with van der Waals surface area (Å²) in [6.07, 6.45) is 3.24. The Morgan fingerprint density at radius 1 is 1.33 bits per heavy atom. The molecule has 1 amide bonds. The van der Waals surface area contributed by atoms with Gasteiger partial charge in [0, 0.05) is 24.7 Å². The molecule has 1 aliphatic rings. The van der Waals surface area contributed by atoms with Gasteiger partial charge in [-0.15, -0.1) is 0 Å². The van der Waals surface area contributed by atoms with E-state index in [0.29, 0.717) is 6.54 Å². The summed E-state index contributed by atoms with van der Waals surface area (Å²) in [6, 6.07) is 0.181. The summed E-state index contributed by atoms with van der Waals surface area (Å²) in [6.45, 7) is 7.05. The third-order valence-corrected chi connectivity index (χ3v) is 3.94. The fourth-order valence-electron chi connectivity index (χ4n) is 2.76. The molecule has 0 aromatic carbocycles. The van der Waals surface area contributed by atoms with Gasteiger partial charge in [-0.25, -0.2) is 0 Å². The molecule has 2 N–H and O–H groups in total. The first-order valence-corrected chi connectivity index (χ1v) is 6.64. The van der Waals surface area contributed by atoms with Crippen LogP contribution in [0.15, 0.2) is 4.42 Å². The van der Waals surface area contributed by atoms with E-state index in [2.05, 4.69) is 0 Å². The molecule has 1 saturated heterocycles. The fraction of sp³-hybridized carbons (Fsp3) is 0.643. The minimum Gasteiger partial charge on any atom is -0.466 e. The fourth-order valence-corrected chi connectivity index (χ4v) is 2.76. The van der Waals surface area contributed by atoms with Crippen LogP contribution in [0.4, 0.5) is 0 Å². The summed E-state index contributed by atoms with van der Waals surface area (Å²) in [5.74, 6) is 1.63. The third-order valence-electron chi connectivity index (χ3n) is 3.94. The van der Waals surface area contributed by atoms with Gasteiger partial charge in [0.05, 0.1) is 5.56 Å². The van der Waals surface area contributed by atoms with Gasteiger partial charge in [0.1, 0.15) is 11.5 Å². The van der Waals surface area contributed by atoms with Crippen molar-refractivity contribution in [3.8, 4) is 0 Å². The van der Waals surface area contributed by atoms with E-state index >= 15 is 0 Å². The van der Waals surface area contributed by atoms with Crippen molar-refractivity contribution in [2.24, 2.45) is 5.73 Å². The lowest BCUT2D eigenvalue weighted by molar-refractivity contribution is 0.0621. The standard InChI is InChI=1S/C14H22N2O2/c1-9-10(2)18-11(3)13(9)14(17)16-7-5-4-6-12(16)8-15/h12H,4-8,15H2,1-3H3. The molecule has 1 atom stereocenters. The maximum Gasteiger partial charge on any atom is 0.257 e. The van der Waals surface area contributed by atoms with Crippen LogP contribution in [0.5, 0.6) is 0 Å². The second-order valence-electron chi connectivity index (χ2n) is 5.10. The van der Waals surface area contributed by atoms with Gasteiger partial charge in [-0.3, -0.25) is 4.79 Å². The van der Waals surface area contributed by atoms with Crippen LogP contribution < -0.4 is 5.73 Å². The van der Waals surface area contributed by atoms with Crippen molar-refractivity contribution in [1.82, 2.24) is 4.90 Å². The predicted octanol–water partition coefficient (Wildman–Crippen LogP) is 2.16. The number of rotatable bonds is 2. The molecule has 0 saturated carbocycles. The van der Waals surface area contributed by atoms with Crippen LogP contribution in [0, 0.1) is 20.8 Å². The Morgan fingerprint density at radius 2 is 2.06 bits per heavy atom. The Labute approximate surface area is 108 Å². The van der Waals surface area contributed by atoms with Crippen molar-refractivity contribution >= 4 is 5.91 Å². The molecule has 1 aliphatic heterocycles. The molecule has 1 fully saturated rings. The van der Waals surface area contributed by atoms with Gasteiger partial charge in [-0.1, -0.05) is 0 Å². The number of hydrogen-bond acceptors (Lipinski definition) is 3. The monoisotopic (exact) mass is 250 g/mol. The number of carbonyl (C=O) groups is 1. The first-order valence-electron chi connectivity index (χ1n) is 6.64. The van der Waals surface area contributed by atoms with E-state index in [4.69, 9.17) is 10.2 Å². The van der Waals surface area contributed by atoms with E-state index in [1.54, 1.807) is 0 Å². The zero-order chi connectivity index (χ0) is 13.3. The lowest BCUT2D eigenvalue weighted by atomic mass is 10.00. The van der Waals surface area contributed by atoms with Crippen LogP contribution in [-0.4, -0.2) is 29.9 Å². The average Bonchev–Trinajstić information content (AvgIpc) is 2.62. The molecule has 0 radical (unpaired) electrons. The van der Waals surface area contributed by atoms with Gasteiger partial charge in [-0.05, 0) is 40.0 Å². The molecule has 2 heterocycles. The minimum atomic E-state index is 0.0806. The van der Waals surface area contributed by atoms with Crippen molar-refractivity contribution in [3.63, 3.8) is 0 Å². The third kappa shape index (κ3) is 2.17. The number of nitrogens with two attached hydrogens (primary N) is 1. The van der Waals surface area contributed by atoms with Crippen LogP contribution >= 0.6 is 0 Å². The minimum absolute atomic E-state index is 0.0806. The predicted molar refractivity (Wildman–Crippen MR) is 70.6 cm³/mol. The highest BCUT2D eigenvalue weighted by atomic mass is 16.3. The molecule has 100 valence electrons. The number of amides is 1. The highest BCUT2D eigenvalue weighted by Crippen LogP contribution is 2.25. The Kier molecular flexibility index (Phi) is 3.76. The van der Waals surface area contributed by atoms with Crippen molar-refractivity contribution in [1.29, 1.82) is 0 Å². The van der Waals surface area contributed by atoms with Crippen LogP contribution in [0.3, 0.4) is 0 Å². The molecular weight excluding hydrogens is 228 g/mol. The molecule has 0 aliphatic carbocycles. The lowest BCUT2D eigenvalue weighted by Gasteiger charge is -2.35. The summed E-state index contributed by atoms with van der Waals surface area (Å²) in [5.41, 5.74) is 7.46. The van der Waals surface area contributed by atoms with Crippen LogP contribution in [-0.2, 0) is 0 Å². The first-order chi connectivity index (χ1) is 8.56. The number of carbonyl (C=O) groups excluding carboxylic acids is 1. The first kappa shape index (κ1) is 13.1. The van der Waals surface area contributed by atoms with Crippen LogP contribution in [0.2, 0.25) is 0 Å². The van der Waals surface area contributed by atoms with Gasteiger partial charge >= 0.3 is 0 Å². The van der Waals surface area contributed by atoms with E-state index in [1.165, 1.54) is 0 Å². The number of likely N-dealkylation sites (tertiary alicyclic amines) is 1. The van der Waals surface area contributed by atoms with E-state index in [-0.39, 0.29) is 11.9 Å². The van der Waals surface area contributed by atoms with E-state index in [0.717, 1.165) is 48.5 Å². The summed E-state index contributed by atoms with van der Waals surface area (Å²) in [7, 11) is 0. The second-order valence-corrected chi connectivity index (χ2v) is 5.10. The maximum atomic E-state index is 12.6. The zero-order valence-corrected chi connectivity index (χ0v) is 11.5. The van der Waals surface area contributed by atoms with Crippen molar-refractivity contribution < 1.29 is 9.21 Å². The van der Waals surface area contributed by atoms with Crippen molar-refractivity contribution in [2.75, 3.05) is 13.1 Å². The smallest absolute Gasteiger partial charge is 0.257 e. The quantitative estimate of drug-likeness (QED) is 0.875. The molecule has 4 nitrogen and oxygen atoms in total. The summed E-state index contributed by atoms with van der Waals surface area (Å²) < 4.78 is 5.55. The molecule has 2 rings (SSSR count). The van der Waals surface area contributed by atoms with Crippen LogP contribution in [0.1, 0.15) is 46.7 Å². The SMILES string of the molecule is Cc1oc(C)c(C(=O)N2CCCCC2CN)c1C. The number of furan rings is 1.